The average Bonchev–Trinajstić information content (AvgIpc) is 2.72. The molecular weight excluding hydrogens is 253 g/mol. The van der Waals surface area contributed by atoms with Crippen molar-refractivity contribution in [3.8, 4) is 0 Å². The SMILES string of the molecule is CCn1ncc(Cl)c1C(C)(F)CC1CCCCN1. The van der Waals surface area contributed by atoms with Gasteiger partial charge in [-0.15, -0.1) is 0 Å². The van der Waals surface area contributed by atoms with Crippen LogP contribution in [0.15, 0.2) is 6.20 Å². The Balaban J connectivity index is 2.15. The molecule has 0 amide bonds. The van der Waals surface area contributed by atoms with E-state index in [9.17, 15) is 4.39 Å². The van der Waals surface area contributed by atoms with Gasteiger partial charge in [-0.25, -0.2) is 4.39 Å². The van der Waals surface area contributed by atoms with Gasteiger partial charge in [-0.3, -0.25) is 4.68 Å². The van der Waals surface area contributed by atoms with Gasteiger partial charge in [-0.2, -0.15) is 5.10 Å². The Kier molecular flexibility index (Phi) is 4.28. The lowest BCUT2D eigenvalue weighted by molar-refractivity contribution is 0.134. The zero-order valence-electron chi connectivity index (χ0n) is 11.0. The molecule has 1 N–H and O–H groups in total. The molecule has 0 spiro atoms. The van der Waals surface area contributed by atoms with Gasteiger partial charge in [0.2, 0.25) is 0 Å². The lowest BCUT2D eigenvalue weighted by Crippen LogP contribution is -2.39. The minimum Gasteiger partial charge on any atom is -0.314 e. The predicted molar refractivity (Wildman–Crippen MR) is 71.6 cm³/mol. The third kappa shape index (κ3) is 2.86. The highest BCUT2D eigenvalue weighted by molar-refractivity contribution is 6.31. The van der Waals surface area contributed by atoms with Crippen LogP contribution in [-0.4, -0.2) is 22.4 Å². The maximum absolute atomic E-state index is 15.0. The largest absolute Gasteiger partial charge is 0.314 e. The maximum Gasteiger partial charge on any atom is 0.152 e. The van der Waals surface area contributed by atoms with Gasteiger partial charge in [0.15, 0.2) is 5.67 Å². The molecule has 0 aromatic carbocycles. The van der Waals surface area contributed by atoms with E-state index in [1.807, 2.05) is 6.92 Å². The summed E-state index contributed by atoms with van der Waals surface area (Å²) >= 11 is 6.08. The molecular formula is C13H21ClFN3. The minimum atomic E-state index is -1.43. The fourth-order valence-corrected chi connectivity index (χ4v) is 3.12. The van der Waals surface area contributed by atoms with Crippen molar-refractivity contribution in [1.82, 2.24) is 15.1 Å². The van der Waals surface area contributed by atoms with Crippen LogP contribution in [0.2, 0.25) is 5.02 Å². The fourth-order valence-electron chi connectivity index (χ4n) is 2.78. The first-order valence-corrected chi connectivity index (χ1v) is 7.06. The number of hydrogen-bond acceptors (Lipinski definition) is 2. The highest BCUT2D eigenvalue weighted by Crippen LogP contribution is 2.36. The molecule has 1 aliphatic rings. The number of aromatic nitrogens is 2. The normalized spacial score (nSPS) is 23.9. The van der Waals surface area contributed by atoms with E-state index < -0.39 is 5.67 Å². The Bertz CT molecular complexity index is 397. The molecule has 2 rings (SSSR count). The molecule has 0 bridgehead atoms. The van der Waals surface area contributed by atoms with E-state index in [4.69, 9.17) is 11.6 Å². The van der Waals surface area contributed by atoms with Crippen molar-refractivity contribution in [2.24, 2.45) is 0 Å². The summed E-state index contributed by atoms with van der Waals surface area (Å²) in [6, 6.07) is 0.241. The van der Waals surface area contributed by atoms with Gasteiger partial charge >= 0.3 is 0 Å². The molecule has 1 aromatic rings. The van der Waals surface area contributed by atoms with Crippen molar-refractivity contribution >= 4 is 11.6 Å². The molecule has 1 aromatic heterocycles. The van der Waals surface area contributed by atoms with E-state index in [2.05, 4.69) is 10.4 Å². The lowest BCUT2D eigenvalue weighted by atomic mass is 9.90. The van der Waals surface area contributed by atoms with Crippen molar-refractivity contribution in [3.05, 3.63) is 16.9 Å². The monoisotopic (exact) mass is 273 g/mol. The van der Waals surface area contributed by atoms with Gasteiger partial charge in [0.05, 0.1) is 16.9 Å². The number of halogens is 2. The van der Waals surface area contributed by atoms with Crippen LogP contribution < -0.4 is 5.32 Å². The molecule has 102 valence electrons. The van der Waals surface area contributed by atoms with Crippen LogP contribution in [0.5, 0.6) is 0 Å². The smallest absolute Gasteiger partial charge is 0.152 e. The summed E-state index contributed by atoms with van der Waals surface area (Å²) in [5.41, 5.74) is -0.919. The van der Waals surface area contributed by atoms with E-state index in [1.165, 1.54) is 19.0 Å². The van der Waals surface area contributed by atoms with Crippen LogP contribution >= 0.6 is 11.6 Å². The van der Waals surface area contributed by atoms with Crippen LogP contribution in [0.4, 0.5) is 4.39 Å². The Labute approximate surface area is 113 Å². The van der Waals surface area contributed by atoms with Crippen LogP contribution in [0, 0.1) is 0 Å². The van der Waals surface area contributed by atoms with Crippen molar-refractivity contribution in [3.63, 3.8) is 0 Å². The minimum absolute atomic E-state index is 0.241. The fraction of sp³-hybridized carbons (Fsp3) is 0.769. The summed E-state index contributed by atoms with van der Waals surface area (Å²) in [7, 11) is 0. The number of piperidine rings is 1. The molecule has 2 atom stereocenters. The van der Waals surface area contributed by atoms with Crippen LogP contribution in [0.25, 0.3) is 0 Å². The summed E-state index contributed by atoms with van der Waals surface area (Å²) in [6.07, 6.45) is 5.39. The van der Waals surface area contributed by atoms with E-state index >= 15 is 0 Å². The molecule has 1 saturated heterocycles. The summed E-state index contributed by atoms with van der Waals surface area (Å²) in [6.45, 7) is 5.18. The first kappa shape index (κ1) is 13.8. The Hall–Kier alpha value is -0.610. The highest BCUT2D eigenvalue weighted by Gasteiger charge is 2.35. The number of rotatable bonds is 4. The van der Waals surface area contributed by atoms with Crippen LogP contribution in [-0.2, 0) is 12.2 Å². The number of nitrogens with one attached hydrogen (secondary N) is 1. The van der Waals surface area contributed by atoms with E-state index in [1.54, 1.807) is 11.6 Å². The van der Waals surface area contributed by atoms with Crippen LogP contribution in [0.1, 0.15) is 45.2 Å². The Morgan fingerprint density at radius 2 is 2.39 bits per heavy atom. The first-order valence-electron chi connectivity index (χ1n) is 6.68. The van der Waals surface area contributed by atoms with Gasteiger partial charge < -0.3 is 5.32 Å². The third-order valence-corrected chi connectivity index (χ3v) is 3.91. The molecule has 18 heavy (non-hydrogen) atoms. The van der Waals surface area contributed by atoms with Crippen molar-refractivity contribution in [2.75, 3.05) is 6.54 Å². The van der Waals surface area contributed by atoms with Gasteiger partial charge in [0, 0.05) is 19.0 Å². The van der Waals surface area contributed by atoms with Crippen LogP contribution in [0.3, 0.4) is 0 Å². The standard InChI is InChI=1S/C13H21ClFN3/c1-3-18-12(11(14)9-17-18)13(2,15)8-10-6-4-5-7-16-10/h9-10,16H,3-8H2,1-2H3. The molecule has 1 aliphatic heterocycles. The number of hydrogen-bond donors (Lipinski definition) is 1. The Morgan fingerprint density at radius 3 is 3.00 bits per heavy atom. The number of alkyl halides is 1. The second-order valence-electron chi connectivity index (χ2n) is 5.21. The highest BCUT2D eigenvalue weighted by atomic mass is 35.5. The Morgan fingerprint density at radius 1 is 1.61 bits per heavy atom. The predicted octanol–water partition coefficient (Wildman–Crippen LogP) is 3.27. The lowest BCUT2D eigenvalue weighted by Gasteiger charge is -2.30. The van der Waals surface area contributed by atoms with Gasteiger partial charge in [0.1, 0.15) is 0 Å². The molecule has 2 heterocycles. The average molecular weight is 274 g/mol. The van der Waals surface area contributed by atoms with Crippen molar-refractivity contribution in [1.29, 1.82) is 0 Å². The number of nitrogens with zero attached hydrogens (tertiary/aromatic N) is 2. The molecule has 2 unspecified atom stereocenters. The summed E-state index contributed by atoms with van der Waals surface area (Å²) in [5.74, 6) is 0. The van der Waals surface area contributed by atoms with Gasteiger partial charge in [-0.05, 0) is 33.2 Å². The quantitative estimate of drug-likeness (QED) is 0.912. The summed E-state index contributed by atoms with van der Waals surface area (Å²) in [4.78, 5) is 0. The molecule has 1 fully saturated rings. The topological polar surface area (TPSA) is 29.9 Å². The van der Waals surface area contributed by atoms with E-state index in [0.29, 0.717) is 23.7 Å². The summed E-state index contributed by atoms with van der Waals surface area (Å²) in [5, 5.41) is 7.93. The zero-order valence-corrected chi connectivity index (χ0v) is 11.8. The third-order valence-electron chi connectivity index (χ3n) is 3.63. The van der Waals surface area contributed by atoms with Gasteiger partial charge in [0.25, 0.3) is 0 Å². The van der Waals surface area contributed by atoms with E-state index in [-0.39, 0.29) is 6.04 Å². The molecule has 0 saturated carbocycles. The van der Waals surface area contributed by atoms with E-state index in [0.717, 1.165) is 13.0 Å². The number of aryl methyl sites for hydroxylation is 1. The van der Waals surface area contributed by atoms with Gasteiger partial charge in [-0.1, -0.05) is 18.0 Å². The first-order chi connectivity index (χ1) is 8.54. The second-order valence-corrected chi connectivity index (χ2v) is 5.61. The second kappa shape index (κ2) is 5.57. The zero-order chi connectivity index (χ0) is 13.2. The maximum atomic E-state index is 15.0. The molecule has 5 heteroatoms. The molecule has 0 radical (unpaired) electrons. The molecule has 0 aliphatic carbocycles. The molecule has 3 nitrogen and oxygen atoms in total. The van der Waals surface area contributed by atoms with Crippen molar-refractivity contribution < 1.29 is 4.39 Å². The van der Waals surface area contributed by atoms with Crippen molar-refractivity contribution in [2.45, 2.75) is 57.8 Å². The summed E-state index contributed by atoms with van der Waals surface area (Å²) < 4.78 is 16.6.